The Bertz CT molecular complexity index is 585. The van der Waals surface area contributed by atoms with Crippen molar-refractivity contribution in [3.63, 3.8) is 0 Å². The number of benzene rings is 1. The highest BCUT2D eigenvalue weighted by atomic mass is 32.2. The summed E-state index contributed by atoms with van der Waals surface area (Å²) in [6.07, 6.45) is -0.0870. The SMILES string of the molecule is Cc1cc(N)c(C)c(S(=O)(=O)N2CCC(O)C2)c1C. The zero-order chi connectivity index (χ0) is 14.4. The number of nitrogen functional groups attached to an aromatic ring is 1. The van der Waals surface area contributed by atoms with Crippen molar-refractivity contribution < 1.29 is 13.5 Å². The molecule has 0 aromatic heterocycles. The molecular weight excluding hydrogens is 264 g/mol. The monoisotopic (exact) mass is 284 g/mol. The van der Waals surface area contributed by atoms with Crippen LogP contribution in [0, 0.1) is 20.8 Å². The number of rotatable bonds is 2. The quantitative estimate of drug-likeness (QED) is 0.792. The third-order valence-corrected chi connectivity index (χ3v) is 5.94. The summed E-state index contributed by atoms with van der Waals surface area (Å²) < 4.78 is 26.7. The molecule has 0 radical (unpaired) electrons. The second kappa shape index (κ2) is 4.77. The van der Waals surface area contributed by atoms with Gasteiger partial charge in [-0.05, 0) is 49.9 Å². The Labute approximate surface area is 114 Å². The molecule has 0 amide bonds. The number of hydrogen-bond donors (Lipinski definition) is 2. The Morgan fingerprint density at radius 1 is 1.32 bits per heavy atom. The first-order valence-electron chi connectivity index (χ1n) is 6.29. The summed E-state index contributed by atoms with van der Waals surface area (Å²) >= 11 is 0. The van der Waals surface area contributed by atoms with Gasteiger partial charge in [-0.2, -0.15) is 4.31 Å². The third-order valence-electron chi connectivity index (χ3n) is 3.80. The van der Waals surface area contributed by atoms with Crippen LogP contribution in [0.2, 0.25) is 0 Å². The Kier molecular flexibility index (Phi) is 3.59. The number of anilines is 1. The summed E-state index contributed by atoms with van der Waals surface area (Å²) in [5, 5.41) is 9.53. The van der Waals surface area contributed by atoms with Crippen LogP contribution in [-0.2, 0) is 10.0 Å². The molecule has 0 aliphatic carbocycles. The molecule has 0 spiro atoms. The number of β-amino-alcohol motifs (C(OH)–C–C–N with tert-alkyl or cyclic N) is 1. The van der Waals surface area contributed by atoms with Crippen LogP contribution < -0.4 is 5.73 Å². The second-order valence-corrected chi connectivity index (χ2v) is 7.04. The first-order chi connectivity index (χ1) is 8.75. The van der Waals surface area contributed by atoms with E-state index in [1.165, 1.54) is 4.31 Å². The maximum atomic E-state index is 12.7. The number of nitrogens with two attached hydrogens (primary N) is 1. The Hall–Kier alpha value is -1.11. The van der Waals surface area contributed by atoms with Gasteiger partial charge in [-0.15, -0.1) is 0 Å². The van der Waals surface area contributed by atoms with Crippen molar-refractivity contribution in [1.29, 1.82) is 0 Å². The van der Waals surface area contributed by atoms with Crippen LogP contribution in [0.3, 0.4) is 0 Å². The number of nitrogens with zero attached hydrogens (tertiary/aromatic N) is 1. The van der Waals surface area contributed by atoms with Crippen molar-refractivity contribution in [3.05, 3.63) is 22.8 Å². The molecule has 5 nitrogen and oxygen atoms in total. The average Bonchev–Trinajstić information content (AvgIpc) is 2.74. The molecule has 3 N–H and O–H groups in total. The first kappa shape index (κ1) is 14.3. The summed E-state index contributed by atoms with van der Waals surface area (Å²) in [7, 11) is -3.58. The highest BCUT2D eigenvalue weighted by molar-refractivity contribution is 7.89. The minimum absolute atomic E-state index is 0.162. The lowest BCUT2D eigenvalue weighted by molar-refractivity contribution is 0.189. The summed E-state index contributed by atoms with van der Waals surface area (Å²) in [6.45, 7) is 5.89. The molecule has 0 saturated carbocycles. The largest absolute Gasteiger partial charge is 0.398 e. The fraction of sp³-hybridized carbons (Fsp3) is 0.538. The zero-order valence-electron chi connectivity index (χ0n) is 11.5. The van der Waals surface area contributed by atoms with E-state index in [2.05, 4.69) is 0 Å². The molecule has 1 fully saturated rings. The van der Waals surface area contributed by atoms with Crippen LogP contribution in [0.25, 0.3) is 0 Å². The van der Waals surface area contributed by atoms with Crippen LogP contribution in [-0.4, -0.2) is 37.0 Å². The predicted octanol–water partition coefficient (Wildman–Crippen LogP) is 0.949. The number of aliphatic hydroxyl groups is 1. The van der Waals surface area contributed by atoms with Gasteiger partial charge in [-0.1, -0.05) is 0 Å². The van der Waals surface area contributed by atoms with E-state index in [0.717, 1.165) is 11.1 Å². The summed E-state index contributed by atoms with van der Waals surface area (Å²) in [5.41, 5.74) is 8.55. The smallest absolute Gasteiger partial charge is 0.243 e. The van der Waals surface area contributed by atoms with E-state index in [1.54, 1.807) is 19.9 Å². The lowest BCUT2D eigenvalue weighted by Crippen LogP contribution is -2.31. The molecule has 1 unspecified atom stereocenters. The van der Waals surface area contributed by atoms with E-state index in [4.69, 9.17) is 5.73 Å². The molecule has 106 valence electrons. The first-order valence-corrected chi connectivity index (χ1v) is 7.73. The minimum Gasteiger partial charge on any atom is -0.398 e. The zero-order valence-corrected chi connectivity index (χ0v) is 12.3. The molecule has 1 aliphatic heterocycles. The molecule has 1 heterocycles. The molecule has 1 aromatic rings. The van der Waals surface area contributed by atoms with Crippen molar-refractivity contribution in [3.8, 4) is 0 Å². The van der Waals surface area contributed by atoms with Crippen LogP contribution >= 0.6 is 0 Å². The molecule has 1 atom stereocenters. The standard InChI is InChI=1S/C13H20N2O3S/c1-8-6-12(14)10(3)13(9(8)2)19(17,18)15-5-4-11(16)7-15/h6,11,16H,4-5,7,14H2,1-3H3. The molecule has 1 aliphatic rings. The lowest BCUT2D eigenvalue weighted by Gasteiger charge is -2.21. The van der Waals surface area contributed by atoms with Gasteiger partial charge in [-0.25, -0.2) is 8.42 Å². The highest BCUT2D eigenvalue weighted by Crippen LogP contribution is 2.31. The van der Waals surface area contributed by atoms with Crippen molar-refractivity contribution >= 4 is 15.7 Å². The fourth-order valence-corrected chi connectivity index (χ4v) is 4.51. The van der Waals surface area contributed by atoms with Crippen molar-refractivity contribution in [2.75, 3.05) is 18.8 Å². The van der Waals surface area contributed by atoms with E-state index in [9.17, 15) is 13.5 Å². The Morgan fingerprint density at radius 3 is 2.47 bits per heavy atom. The molecule has 19 heavy (non-hydrogen) atoms. The number of aryl methyl sites for hydroxylation is 1. The predicted molar refractivity (Wildman–Crippen MR) is 74.4 cm³/mol. The van der Waals surface area contributed by atoms with Crippen LogP contribution in [0.5, 0.6) is 0 Å². The molecule has 0 bridgehead atoms. The normalized spacial score (nSPS) is 20.9. The third kappa shape index (κ3) is 2.35. The Balaban J connectivity index is 2.58. The summed E-state index contributed by atoms with van der Waals surface area (Å²) in [5.74, 6) is 0. The van der Waals surface area contributed by atoms with Gasteiger partial charge >= 0.3 is 0 Å². The summed E-state index contributed by atoms with van der Waals surface area (Å²) in [4.78, 5) is 0.291. The van der Waals surface area contributed by atoms with Crippen molar-refractivity contribution in [2.45, 2.75) is 38.2 Å². The number of aliphatic hydroxyl groups excluding tert-OH is 1. The van der Waals surface area contributed by atoms with Gasteiger partial charge in [0.15, 0.2) is 0 Å². The molecular formula is C13H20N2O3S. The van der Waals surface area contributed by atoms with E-state index < -0.39 is 16.1 Å². The van der Waals surface area contributed by atoms with Crippen LogP contribution in [0.4, 0.5) is 5.69 Å². The van der Waals surface area contributed by atoms with Gasteiger partial charge in [0.2, 0.25) is 10.0 Å². The molecule has 6 heteroatoms. The van der Waals surface area contributed by atoms with Gasteiger partial charge in [0.05, 0.1) is 11.0 Å². The Morgan fingerprint density at radius 2 is 1.95 bits per heavy atom. The maximum absolute atomic E-state index is 12.7. The second-order valence-electron chi connectivity index (χ2n) is 5.17. The van der Waals surface area contributed by atoms with E-state index >= 15 is 0 Å². The molecule has 1 aromatic carbocycles. The minimum atomic E-state index is -3.58. The van der Waals surface area contributed by atoms with Gasteiger partial charge in [0.1, 0.15) is 0 Å². The van der Waals surface area contributed by atoms with Crippen molar-refractivity contribution in [1.82, 2.24) is 4.31 Å². The topological polar surface area (TPSA) is 83.6 Å². The van der Waals surface area contributed by atoms with Crippen LogP contribution in [0.15, 0.2) is 11.0 Å². The van der Waals surface area contributed by atoms with E-state index in [-0.39, 0.29) is 6.54 Å². The van der Waals surface area contributed by atoms with Gasteiger partial charge in [0, 0.05) is 18.8 Å². The average molecular weight is 284 g/mol. The van der Waals surface area contributed by atoms with E-state index in [0.29, 0.717) is 29.1 Å². The molecule has 2 rings (SSSR count). The van der Waals surface area contributed by atoms with E-state index in [1.807, 2.05) is 6.92 Å². The van der Waals surface area contributed by atoms with Gasteiger partial charge in [0.25, 0.3) is 0 Å². The summed E-state index contributed by atoms with van der Waals surface area (Å²) in [6, 6.07) is 1.79. The number of sulfonamides is 1. The lowest BCUT2D eigenvalue weighted by atomic mass is 10.1. The van der Waals surface area contributed by atoms with Crippen molar-refractivity contribution in [2.24, 2.45) is 0 Å². The number of hydrogen-bond acceptors (Lipinski definition) is 4. The van der Waals surface area contributed by atoms with Gasteiger partial charge in [-0.3, -0.25) is 0 Å². The molecule has 1 saturated heterocycles. The maximum Gasteiger partial charge on any atom is 0.243 e. The highest BCUT2D eigenvalue weighted by Gasteiger charge is 2.34. The van der Waals surface area contributed by atoms with Gasteiger partial charge < -0.3 is 10.8 Å². The fourth-order valence-electron chi connectivity index (χ4n) is 2.49. The van der Waals surface area contributed by atoms with Crippen LogP contribution in [0.1, 0.15) is 23.1 Å².